The van der Waals surface area contributed by atoms with Gasteiger partial charge in [0, 0.05) is 11.8 Å². The molecule has 0 aliphatic carbocycles. The molecule has 0 unspecified atom stereocenters. The van der Waals surface area contributed by atoms with Gasteiger partial charge in [-0.15, -0.1) is 0 Å². The van der Waals surface area contributed by atoms with Crippen molar-refractivity contribution in [1.82, 2.24) is 9.78 Å². The first kappa shape index (κ1) is 12.2. The van der Waals surface area contributed by atoms with E-state index in [9.17, 15) is 8.78 Å². The second-order valence-corrected chi connectivity index (χ2v) is 3.98. The zero-order valence-corrected chi connectivity index (χ0v) is 9.77. The molecule has 0 atom stereocenters. The quantitative estimate of drug-likeness (QED) is 0.836. The number of hydrogen-bond acceptors (Lipinski definition) is 2. The standard InChI is InChI=1S/C13H11F2N3/c1-9-2-3-10(5-16)4-12(9)11-6-17-18(7-11)8-13(14)15/h2-4,6-7,13H,8H2,1H3. The molecule has 0 aliphatic rings. The molecule has 2 rings (SSSR count). The Morgan fingerprint density at radius 2 is 2.22 bits per heavy atom. The molecule has 0 spiro atoms. The Morgan fingerprint density at radius 3 is 2.89 bits per heavy atom. The van der Waals surface area contributed by atoms with Gasteiger partial charge in [-0.3, -0.25) is 4.68 Å². The van der Waals surface area contributed by atoms with Crippen LogP contribution in [0.1, 0.15) is 11.1 Å². The Labute approximate surface area is 103 Å². The number of rotatable bonds is 3. The average molecular weight is 247 g/mol. The predicted molar refractivity (Wildman–Crippen MR) is 63.1 cm³/mol. The minimum Gasteiger partial charge on any atom is -0.266 e. The lowest BCUT2D eigenvalue weighted by Gasteiger charge is -2.03. The first-order valence-corrected chi connectivity index (χ1v) is 5.42. The minimum absolute atomic E-state index is 0.420. The van der Waals surface area contributed by atoms with Crippen LogP contribution in [0.3, 0.4) is 0 Å². The molecule has 0 amide bonds. The highest BCUT2D eigenvalue weighted by Gasteiger charge is 2.09. The van der Waals surface area contributed by atoms with Crippen LogP contribution in [-0.2, 0) is 6.54 Å². The first-order valence-electron chi connectivity index (χ1n) is 5.42. The van der Waals surface area contributed by atoms with Gasteiger partial charge in [-0.1, -0.05) is 6.07 Å². The molecule has 0 aliphatic heterocycles. The maximum absolute atomic E-state index is 12.2. The summed E-state index contributed by atoms with van der Waals surface area (Å²) >= 11 is 0. The number of nitrogens with zero attached hydrogens (tertiary/aromatic N) is 3. The fourth-order valence-corrected chi connectivity index (χ4v) is 1.75. The zero-order chi connectivity index (χ0) is 13.1. The Kier molecular flexibility index (Phi) is 3.38. The lowest BCUT2D eigenvalue weighted by molar-refractivity contribution is 0.122. The van der Waals surface area contributed by atoms with Gasteiger partial charge < -0.3 is 0 Å². The van der Waals surface area contributed by atoms with Gasteiger partial charge in [0.05, 0.1) is 17.8 Å². The molecule has 0 radical (unpaired) electrons. The summed E-state index contributed by atoms with van der Waals surface area (Å²) in [5.74, 6) is 0. The Bertz CT molecular complexity index is 597. The number of benzene rings is 1. The van der Waals surface area contributed by atoms with E-state index in [0.717, 1.165) is 16.7 Å². The van der Waals surface area contributed by atoms with Crippen LogP contribution in [0.25, 0.3) is 11.1 Å². The summed E-state index contributed by atoms with van der Waals surface area (Å²) in [6, 6.07) is 7.35. The second-order valence-electron chi connectivity index (χ2n) is 3.98. The summed E-state index contributed by atoms with van der Waals surface area (Å²) < 4.78 is 25.7. The Morgan fingerprint density at radius 1 is 1.44 bits per heavy atom. The second kappa shape index (κ2) is 4.96. The third-order valence-electron chi connectivity index (χ3n) is 2.64. The van der Waals surface area contributed by atoms with Crippen molar-refractivity contribution in [2.24, 2.45) is 0 Å². The molecule has 1 aromatic carbocycles. The van der Waals surface area contributed by atoms with E-state index in [1.807, 2.05) is 13.0 Å². The van der Waals surface area contributed by atoms with Crippen LogP contribution in [0, 0.1) is 18.3 Å². The van der Waals surface area contributed by atoms with Crippen molar-refractivity contribution < 1.29 is 8.78 Å². The molecule has 92 valence electrons. The molecule has 2 aromatic rings. The Hall–Kier alpha value is -2.22. The van der Waals surface area contributed by atoms with E-state index in [-0.39, 0.29) is 0 Å². The molecule has 0 saturated heterocycles. The fraction of sp³-hybridized carbons (Fsp3) is 0.231. The van der Waals surface area contributed by atoms with Gasteiger partial charge in [0.15, 0.2) is 0 Å². The van der Waals surface area contributed by atoms with Crippen molar-refractivity contribution in [3.63, 3.8) is 0 Å². The Balaban J connectivity index is 2.37. The number of halogens is 2. The van der Waals surface area contributed by atoms with Gasteiger partial charge in [-0.2, -0.15) is 10.4 Å². The normalized spacial score (nSPS) is 10.6. The van der Waals surface area contributed by atoms with E-state index in [4.69, 9.17) is 5.26 Å². The van der Waals surface area contributed by atoms with Crippen molar-refractivity contribution in [1.29, 1.82) is 5.26 Å². The summed E-state index contributed by atoms with van der Waals surface area (Å²) in [6.07, 6.45) is 0.672. The maximum atomic E-state index is 12.2. The van der Waals surface area contributed by atoms with Crippen LogP contribution < -0.4 is 0 Å². The highest BCUT2D eigenvalue weighted by Crippen LogP contribution is 2.24. The minimum atomic E-state index is -2.43. The van der Waals surface area contributed by atoms with Crippen LogP contribution in [0.5, 0.6) is 0 Å². The summed E-state index contributed by atoms with van der Waals surface area (Å²) in [4.78, 5) is 0. The van der Waals surface area contributed by atoms with Crippen LogP contribution >= 0.6 is 0 Å². The van der Waals surface area contributed by atoms with Crippen molar-refractivity contribution in [2.45, 2.75) is 19.9 Å². The van der Waals surface area contributed by atoms with E-state index < -0.39 is 13.0 Å². The van der Waals surface area contributed by atoms with Crippen molar-refractivity contribution in [3.8, 4) is 17.2 Å². The largest absolute Gasteiger partial charge is 0.266 e. The SMILES string of the molecule is Cc1ccc(C#N)cc1-c1cnn(CC(F)F)c1. The smallest absolute Gasteiger partial charge is 0.257 e. The zero-order valence-electron chi connectivity index (χ0n) is 9.77. The summed E-state index contributed by atoms with van der Waals surface area (Å²) in [7, 11) is 0. The van der Waals surface area contributed by atoms with Gasteiger partial charge in [0.25, 0.3) is 6.43 Å². The van der Waals surface area contributed by atoms with Gasteiger partial charge in [0.2, 0.25) is 0 Å². The van der Waals surface area contributed by atoms with E-state index in [2.05, 4.69) is 11.2 Å². The molecule has 1 heterocycles. The fourth-order valence-electron chi connectivity index (χ4n) is 1.75. The lowest BCUT2D eigenvalue weighted by Crippen LogP contribution is -2.06. The summed E-state index contributed by atoms with van der Waals surface area (Å²) in [6.45, 7) is 1.48. The number of alkyl halides is 2. The van der Waals surface area contributed by atoms with E-state index >= 15 is 0 Å². The molecule has 0 bridgehead atoms. The number of hydrogen-bond donors (Lipinski definition) is 0. The number of aryl methyl sites for hydroxylation is 1. The van der Waals surface area contributed by atoms with Gasteiger partial charge in [-0.25, -0.2) is 8.78 Å². The van der Waals surface area contributed by atoms with Gasteiger partial charge >= 0.3 is 0 Å². The van der Waals surface area contributed by atoms with E-state index in [1.165, 1.54) is 10.9 Å². The highest BCUT2D eigenvalue weighted by atomic mass is 19.3. The molecule has 0 saturated carbocycles. The number of nitriles is 1. The van der Waals surface area contributed by atoms with E-state index in [1.54, 1.807) is 18.3 Å². The van der Waals surface area contributed by atoms with Gasteiger partial charge in [-0.05, 0) is 30.2 Å². The van der Waals surface area contributed by atoms with Crippen molar-refractivity contribution >= 4 is 0 Å². The molecule has 3 nitrogen and oxygen atoms in total. The molecule has 0 N–H and O–H groups in total. The molecule has 5 heteroatoms. The molecular weight excluding hydrogens is 236 g/mol. The van der Waals surface area contributed by atoms with Crippen LogP contribution in [0.15, 0.2) is 30.6 Å². The predicted octanol–water partition coefficient (Wildman–Crippen LogP) is 3.00. The third kappa shape index (κ3) is 2.54. The molecule has 18 heavy (non-hydrogen) atoms. The monoisotopic (exact) mass is 247 g/mol. The summed E-state index contributed by atoms with van der Waals surface area (Å²) in [5.41, 5.74) is 3.10. The third-order valence-corrected chi connectivity index (χ3v) is 2.64. The topological polar surface area (TPSA) is 41.6 Å². The molecular formula is C13H11F2N3. The molecule has 1 aromatic heterocycles. The molecule has 0 fully saturated rings. The van der Waals surface area contributed by atoms with Crippen LogP contribution in [0.2, 0.25) is 0 Å². The lowest BCUT2D eigenvalue weighted by atomic mass is 10.0. The van der Waals surface area contributed by atoms with Crippen LogP contribution in [-0.4, -0.2) is 16.2 Å². The van der Waals surface area contributed by atoms with Gasteiger partial charge in [0.1, 0.15) is 6.54 Å². The highest BCUT2D eigenvalue weighted by molar-refractivity contribution is 5.67. The van der Waals surface area contributed by atoms with Crippen molar-refractivity contribution in [3.05, 3.63) is 41.7 Å². The first-order chi connectivity index (χ1) is 8.60. The summed E-state index contributed by atoms with van der Waals surface area (Å²) in [5, 5.41) is 12.7. The number of aromatic nitrogens is 2. The average Bonchev–Trinajstić information content (AvgIpc) is 2.77. The van der Waals surface area contributed by atoms with Crippen molar-refractivity contribution in [2.75, 3.05) is 0 Å². The van der Waals surface area contributed by atoms with E-state index in [0.29, 0.717) is 5.56 Å². The maximum Gasteiger partial charge on any atom is 0.257 e. The van der Waals surface area contributed by atoms with Crippen LogP contribution in [0.4, 0.5) is 8.78 Å².